The van der Waals surface area contributed by atoms with E-state index in [0.29, 0.717) is 12.0 Å². The fourth-order valence-corrected chi connectivity index (χ4v) is 3.10. The summed E-state index contributed by atoms with van der Waals surface area (Å²) < 4.78 is 0. The van der Waals surface area contributed by atoms with Crippen LogP contribution in [0.25, 0.3) is 0 Å². The lowest BCUT2D eigenvalue weighted by Gasteiger charge is -2.32. The second kappa shape index (κ2) is 6.02. The van der Waals surface area contributed by atoms with Crippen LogP contribution in [0.2, 0.25) is 0 Å². The molecule has 1 heterocycles. The van der Waals surface area contributed by atoms with E-state index >= 15 is 0 Å². The van der Waals surface area contributed by atoms with Crippen molar-refractivity contribution in [2.45, 2.75) is 44.2 Å². The predicted molar refractivity (Wildman–Crippen MR) is 76.9 cm³/mol. The summed E-state index contributed by atoms with van der Waals surface area (Å²) in [7, 11) is 0. The third kappa shape index (κ3) is 3.04. The lowest BCUT2D eigenvalue weighted by molar-refractivity contribution is 0.324. The Balaban J connectivity index is 1.67. The van der Waals surface area contributed by atoms with Gasteiger partial charge >= 0.3 is 0 Å². The number of nitrogens with zero attached hydrogens (tertiary/aromatic N) is 1. The number of imidazole rings is 1. The number of hydrogen-bond donors (Lipinski definition) is 2. The molecule has 3 rings (SSSR count). The molecule has 2 N–H and O–H groups in total. The molecular formula is C16H21N3. The molecular weight excluding hydrogens is 234 g/mol. The van der Waals surface area contributed by atoms with Crippen LogP contribution in [0, 0.1) is 0 Å². The summed E-state index contributed by atoms with van der Waals surface area (Å²) in [5.41, 5.74) is 1.47. The van der Waals surface area contributed by atoms with E-state index in [4.69, 9.17) is 0 Å². The van der Waals surface area contributed by atoms with Crippen LogP contribution in [0.15, 0.2) is 42.7 Å². The minimum atomic E-state index is 0.571. The highest BCUT2D eigenvalue weighted by molar-refractivity contribution is 5.22. The molecule has 0 amide bonds. The van der Waals surface area contributed by atoms with Gasteiger partial charge in [-0.2, -0.15) is 0 Å². The number of benzene rings is 1. The van der Waals surface area contributed by atoms with Crippen molar-refractivity contribution in [2.24, 2.45) is 0 Å². The molecule has 100 valence electrons. The standard InChI is InChI=1S/C16H21N3/c1-2-6-13(7-3-1)14-8-4-5-9-15(14)19-12-16-17-10-11-18-16/h1-3,6-7,10-11,14-15,19H,4-5,8-9,12H2,(H,17,18). The molecule has 3 nitrogen and oxygen atoms in total. The van der Waals surface area contributed by atoms with Gasteiger partial charge in [-0.25, -0.2) is 4.98 Å². The number of hydrogen-bond acceptors (Lipinski definition) is 2. The molecule has 2 aromatic rings. The van der Waals surface area contributed by atoms with Gasteiger partial charge in [0.15, 0.2) is 0 Å². The van der Waals surface area contributed by atoms with E-state index in [1.54, 1.807) is 0 Å². The van der Waals surface area contributed by atoms with Crippen LogP contribution in [-0.4, -0.2) is 16.0 Å². The Kier molecular flexibility index (Phi) is 3.94. The first-order valence-electron chi connectivity index (χ1n) is 7.20. The molecule has 0 radical (unpaired) electrons. The van der Waals surface area contributed by atoms with Gasteiger partial charge in [-0.05, 0) is 24.3 Å². The minimum absolute atomic E-state index is 0.571. The van der Waals surface area contributed by atoms with Crippen molar-refractivity contribution >= 4 is 0 Å². The zero-order valence-electron chi connectivity index (χ0n) is 11.2. The van der Waals surface area contributed by atoms with Crippen LogP contribution in [0.5, 0.6) is 0 Å². The van der Waals surface area contributed by atoms with E-state index in [-0.39, 0.29) is 0 Å². The SMILES string of the molecule is c1ccc(C2CCCCC2NCc2ncc[nH]2)cc1. The molecule has 1 aromatic carbocycles. The lowest BCUT2D eigenvalue weighted by Crippen LogP contribution is -2.37. The van der Waals surface area contributed by atoms with Crippen molar-refractivity contribution in [1.29, 1.82) is 0 Å². The molecule has 1 aromatic heterocycles. The average Bonchev–Trinajstić information content (AvgIpc) is 3.00. The zero-order chi connectivity index (χ0) is 12.9. The van der Waals surface area contributed by atoms with Crippen LogP contribution >= 0.6 is 0 Å². The average molecular weight is 255 g/mol. The summed E-state index contributed by atoms with van der Waals surface area (Å²) in [5.74, 6) is 1.67. The van der Waals surface area contributed by atoms with E-state index in [0.717, 1.165) is 12.4 Å². The van der Waals surface area contributed by atoms with Crippen molar-refractivity contribution < 1.29 is 0 Å². The van der Waals surface area contributed by atoms with E-state index in [1.165, 1.54) is 31.2 Å². The van der Waals surface area contributed by atoms with Gasteiger partial charge in [0.2, 0.25) is 0 Å². The maximum atomic E-state index is 4.28. The summed E-state index contributed by atoms with van der Waals surface area (Å²) >= 11 is 0. The Bertz CT molecular complexity index is 478. The Morgan fingerprint density at radius 3 is 2.79 bits per heavy atom. The summed E-state index contributed by atoms with van der Waals surface area (Å²) in [6.45, 7) is 0.834. The summed E-state index contributed by atoms with van der Waals surface area (Å²) in [4.78, 5) is 7.44. The first-order valence-corrected chi connectivity index (χ1v) is 7.20. The van der Waals surface area contributed by atoms with Gasteiger partial charge in [-0.1, -0.05) is 43.2 Å². The number of nitrogens with one attached hydrogen (secondary N) is 2. The van der Waals surface area contributed by atoms with Crippen LogP contribution in [0.3, 0.4) is 0 Å². The smallest absolute Gasteiger partial charge is 0.120 e. The van der Waals surface area contributed by atoms with Gasteiger partial charge in [0, 0.05) is 18.4 Å². The number of rotatable bonds is 4. The molecule has 1 aliphatic rings. The van der Waals surface area contributed by atoms with Crippen LogP contribution in [0.1, 0.15) is 43.0 Å². The van der Waals surface area contributed by atoms with E-state index < -0.39 is 0 Å². The maximum absolute atomic E-state index is 4.28. The van der Waals surface area contributed by atoms with Crippen molar-refractivity contribution in [1.82, 2.24) is 15.3 Å². The summed E-state index contributed by atoms with van der Waals surface area (Å²) in [6, 6.07) is 11.5. The fraction of sp³-hybridized carbons (Fsp3) is 0.438. The van der Waals surface area contributed by atoms with Gasteiger partial charge in [-0.3, -0.25) is 0 Å². The monoisotopic (exact) mass is 255 g/mol. The number of aromatic amines is 1. The highest BCUT2D eigenvalue weighted by atomic mass is 15.0. The van der Waals surface area contributed by atoms with Crippen molar-refractivity contribution in [3.63, 3.8) is 0 Å². The Hall–Kier alpha value is -1.61. The van der Waals surface area contributed by atoms with Gasteiger partial charge in [-0.15, -0.1) is 0 Å². The van der Waals surface area contributed by atoms with Crippen LogP contribution < -0.4 is 5.32 Å². The zero-order valence-corrected chi connectivity index (χ0v) is 11.2. The molecule has 1 aliphatic carbocycles. The maximum Gasteiger partial charge on any atom is 0.120 e. The second-order valence-corrected chi connectivity index (χ2v) is 5.32. The quantitative estimate of drug-likeness (QED) is 0.880. The molecule has 0 bridgehead atoms. The highest BCUT2D eigenvalue weighted by Crippen LogP contribution is 2.33. The summed E-state index contributed by atoms with van der Waals surface area (Å²) in [5, 5.41) is 3.68. The topological polar surface area (TPSA) is 40.7 Å². The predicted octanol–water partition coefficient (Wildman–Crippen LogP) is 3.23. The highest BCUT2D eigenvalue weighted by Gasteiger charge is 2.25. The molecule has 1 saturated carbocycles. The normalized spacial score (nSPS) is 23.4. The van der Waals surface area contributed by atoms with Gasteiger partial charge in [0.25, 0.3) is 0 Å². The molecule has 2 atom stereocenters. The Morgan fingerprint density at radius 2 is 2.00 bits per heavy atom. The third-order valence-corrected chi connectivity index (χ3v) is 4.08. The van der Waals surface area contributed by atoms with Crippen LogP contribution in [-0.2, 0) is 6.54 Å². The molecule has 2 unspecified atom stereocenters. The number of H-pyrrole nitrogens is 1. The fourth-order valence-electron chi connectivity index (χ4n) is 3.10. The molecule has 0 saturated heterocycles. The van der Waals surface area contributed by atoms with E-state index in [1.807, 2.05) is 12.4 Å². The van der Waals surface area contributed by atoms with Crippen molar-refractivity contribution in [2.75, 3.05) is 0 Å². The Morgan fingerprint density at radius 1 is 1.16 bits per heavy atom. The minimum Gasteiger partial charge on any atom is -0.348 e. The van der Waals surface area contributed by atoms with E-state index in [9.17, 15) is 0 Å². The van der Waals surface area contributed by atoms with Gasteiger partial charge in [0.1, 0.15) is 5.82 Å². The van der Waals surface area contributed by atoms with Crippen LogP contribution in [0.4, 0.5) is 0 Å². The largest absolute Gasteiger partial charge is 0.348 e. The Labute approximate surface area is 114 Å². The molecule has 0 aliphatic heterocycles. The van der Waals surface area contributed by atoms with E-state index in [2.05, 4.69) is 45.6 Å². The third-order valence-electron chi connectivity index (χ3n) is 4.08. The molecule has 0 spiro atoms. The molecule has 3 heteroatoms. The number of aromatic nitrogens is 2. The molecule has 1 fully saturated rings. The van der Waals surface area contributed by atoms with Crippen molar-refractivity contribution in [3.8, 4) is 0 Å². The first kappa shape index (κ1) is 12.4. The lowest BCUT2D eigenvalue weighted by atomic mass is 9.80. The summed E-state index contributed by atoms with van der Waals surface area (Å²) in [6.07, 6.45) is 8.93. The van der Waals surface area contributed by atoms with Gasteiger partial charge in [0.05, 0.1) is 6.54 Å². The van der Waals surface area contributed by atoms with Crippen molar-refractivity contribution in [3.05, 3.63) is 54.1 Å². The molecule has 19 heavy (non-hydrogen) atoms. The van der Waals surface area contributed by atoms with Gasteiger partial charge < -0.3 is 10.3 Å². The first-order chi connectivity index (χ1) is 9.43. The second-order valence-electron chi connectivity index (χ2n) is 5.32.